The van der Waals surface area contributed by atoms with Gasteiger partial charge >= 0.3 is 0 Å². The molecule has 3 heteroatoms. The fraction of sp³-hybridized carbons (Fsp3) is 0.941. The Hall–Kier alpha value is -0.570. The summed E-state index contributed by atoms with van der Waals surface area (Å²) in [7, 11) is 0. The summed E-state index contributed by atoms with van der Waals surface area (Å²) >= 11 is 0. The highest BCUT2D eigenvalue weighted by Crippen LogP contribution is 2.30. The third-order valence-corrected chi connectivity index (χ3v) is 5.02. The molecule has 0 aromatic carbocycles. The number of nitrogens with zero attached hydrogens (tertiary/aromatic N) is 1. The van der Waals surface area contributed by atoms with Crippen molar-refractivity contribution in [1.29, 1.82) is 0 Å². The van der Waals surface area contributed by atoms with Crippen LogP contribution in [-0.4, -0.2) is 36.1 Å². The van der Waals surface area contributed by atoms with E-state index in [9.17, 15) is 4.79 Å². The molecule has 2 aliphatic heterocycles. The van der Waals surface area contributed by atoms with Gasteiger partial charge in [0.25, 0.3) is 0 Å². The molecule has 2 atom stereocenters. The van der Waals surface area contributed by atoms with E-state index in [-0.39, 0.29) is 5.92 Å². The number of rotatable bonds is 4. The smallest absolute Gasteiger partial charge is 0.225 e. The number of ether oxygens (including phenoxy) is 1. The summed E-state index contributed by atoms with van der Waals surface area (Å²) in [5.41, 5.74) is 0. The second-order valence-electron chi connectivity index (χ2n) is 6.97. The van der Waals surface area contributed by atoms with Crippen LogP contribution in [0.3, 0.4) is 0 Å². The van der Waals surface area contributed by atoms with E-state index in [1.54, 1.807) is 0 Å². The quantitative estimate of drug-likeness (QED) is 0.787. The zero-order chi connectivity index (χ0) is 14.5. The van der Waals surface area contributed by atoms with Crippen LogP contribution in [0.4, 0.5) is 0 Å². The van der Waals surface area contributed by atoms with Crippen LogP contribution < -0.4 is 0 Å². The largest absolute Gasteiger partial charge is 0.381 e. The van der Waals surface area contributed by atoms with E-state index in [2.05, 4.69) is 11.8 Å². The molecular weight excluding hydrogens is 250 g/mol. The zero-order valence-corrected chi connectivity index (χ0v) is 13.4. The molecule has 0 aromatic heterocycles. The van der Waals surface area contributed by atoms with Gasteiger partial charge in [-0.2, -0.15) is 0 Å². The van der Waals surface area contributed by atoms with Crippen molar-refractivity contribution in [3.8, 4) is 0 Å². The topological polar surface area (TPSA) is 29.5 Å². The van der Waals surface area contributed by atoms with Gasteiger partial charge in [-0.15, -0.1) is 0 Å². The van der Waals surface area contributed by atoms with Crippen molar-refractivity contribution in [2.75, 3.05) is 13.2 Å². The first-order valence-electron chi connectivity index (χ1n) is 8.49. The highest BCUT2D eigenvalue weighted by molar-refractivity contribution is 5.78. The maximum Gasteiger partial charge on any atom is 0.225 e. The normalized spacial score (nSPS) is 28.9. The monoisotopic (exact) mass is 281 g/mol. The van der Waals surface area contributed by atoms with E-state index >= 15 is 0 Å². The lowest BCUT2D eigenvalue weighted by Gasteiger charge is -2.42. The highest BCUT2D eigenvalue weighted by atomic mass is 16.5. The molecule has 2 saturated heterocycles. The summed E-state index contributed by atoms with van der Waals surface area (Å²) in [6.07, 6.45) is 8.52. The summed E-state index contributed by atoms with van der Waals surface area (Å²) in [6, 6.07) is 0.912. The minimum Gasteiger partial charge on any atom is -0.381 e. The fourth-order valence-corrected chi connectivity index (χ4v) is 3.73. The van der Waals surface area contributed by atoms with Crippen molar-refractivity contribution < 1.29 is 9.53 Å². The predicted molar refractivity (Wildman–Crippen MR) is 81.6 cm³/mol. The van der Waals surface area contributed by atoms with Gasteiger partial charge in [0.15, 0.2) is 0 Å². The Kier molecular flexibility index (Phi) is 5.88. The minimum absolute atomic E-state index is 0.126. The molecule has 0 aromatic rings. The molecule has 1 amide bonds. The van der Waals surface area contributed by atoms with Gasteiger partial charge in [-0.25, -0.2) is 0 Å². The SMILES string of the molecule is CC(C)C(=O)N1C(C)CCCC1CCC1CCOCC1. The molecule has 2 rings (SSSR count). The standard InChI is InChI=1S/C17H31NO2/c1-13(2)17(19)18-14(3)5-4-6-16(18)8-7-15-9-11-20-12-10-15/h13-16H,4-12H2,1-3H3. The lowest BCUT2D eigenvalue weighted by Crippen LogP contribution is -2.50. The molecule has 2 unspecified atom stereocenters. The number of carbonyl (C=O) groups is 1. The van der Waals surface area contributed by atoms with Crippen LogP contribution in [0.1, 0.15) is 65.7 Å². The lowest BCUT2D eigenvalue weighted by atomic mass is 9.87. The molecule has 3 nitrogen and oxygen atoms in total. The average molecular weight is 281 g/mol. The molecule has 2 fully saturated rings. The van der Waals surface area contributed by atoms with Crippen LogP contribution >= 0.6 is 0 Å². The van der Waals surface area contributed by atoms with E-state index in [1.165, 1.54) is 44.9 Å². The summed E-state index contributed by atoms with van der Waals surface area (Å²) in [5.74, 6) is 1.30. The van der Waals surface area contributed by atoms with E-state index in [4.69, 9.17) is 4.74 Å². The molecule has 0 N–H and O–H groups in total. The molecular formula is C17H31NO2. The van der Waals surface area contributed by atoms with E-state index in [1.807, 2.05) is 13.8 Å². The van der Waals surface area contributed by atoms with Gasteiger partial charge in [-0.05, 0) is 57.8 Å². The van der Waals surface area contributed by atoms with Gasteiger partial charge in [0, 0.05) is 31.2 Å². The maximum atomic E-state index is 12.5. The Bertz CT molecular complexity index is 310. The van der Waals surface area contributed by atoms with Gasteiger partial charge in [0.1, 0.15) is 0 Å². The average Bonchev–Trinajstić information content (AvgIpc) is 2.45. The number of amides is 1. The first-order valence-corrected chi connectivity index (χ1v) is 8.49. The summed E-state index contributed by atoms with van der Waals surface area (Å²) in [6.45, 7) is 8.14. The first-order chi connectivity index (χ1) is 9.59. The number of carbonyl (C=O) groups excluding carboxylic acids is 1. The number of hydrogen-bond acceptors (Lipinski definition) is 2. The zero-order valence-electron chi connectivity index (χ0n) is 13.4. The second kappa shape index (κ2) is 7.44. The third-order valence-electron chi connectivity index (χ3n) is 5.02. The number of likely N-dealkylation sites (tertiary alicyclic amines) is 1. The van der Waals surface area contributed by atoms with E-state index < -0.39 is 0 Å². The highest BCUT2D eigenvalue weighted by Gasteiger charge is 2.32. The molecule has 20 heavy (non-hydrogen) atoms. The first kappa shape index (κ1) is 15.8. The molecule has 0 aliphatic carbocycles. The summed E-state index contributed by atoms with van der Waals surface area (Å²) in [5, 5.41) is 0. The maximum absolute atomic E-state index is 12.5. The predicted octanol–water partition coefficient (Wildman–Crippen LogP) is 3.62. The number of piperidine rings is 1. The molecule has 0 spiro atoms. The third kappa shape index (κ3) is 3.97. The van der Waals surface area contributed by atoms with Crippen LogP contribution in [0, 0.1) is 11.8 Å². The minimum atomic E-state index is 0.126. The van der Waals surface area contributed by atoms with Gasteiger partial charge in [0.2, 0.25) is 5.91 Å². The Balaban J connectivity index is 1.90. The van der Waals surface area contributed by atoms with Crippen molar-refractivity contribution >= 4 is 5.91 Å². The number of hydrogen-bond donors (Lipinski definition) is 0. The Morgan fingerprint density at radius 1 is 1.15 bits per heavy atom. The van der Waals surface area contributed by atoms with Crippen LogP contribution in [-0.2, 0) is 9.53 Å². The van der Waals surface area contributed by atoms with Crippen molar-refractivity contribution in [2.45, 2.75) is 77.8 Å². The van der Waals surface area contributed by atoms with Crippen LogP contribution in [0.25, 0.3) is 0 Å². The van der Waals surface area contributed by atoms with Gasteiger partial charge < -0.3 is 9.64 Å². The van der Waals surface area contributed by atoms with E-state index in [0.717, 1.165) is 19.1 Å². The Morgan fingerprint density at radius 2 is 1.85 bits per heavy atom. The van der Waals surface area contributed by atoms with Crippen molar-refractivity contribution in [1.82, 2.24) is 4.90 Å². The molecule has 2 aliphatic rings. The van der Waals surface area contributed by atoms with Gasteiger partial charge in [-0.1, -0.05) is 13.8 Å². The van der Waals surface area contributed by atoms with Crippen molar-refractivity contribution in [3.05, 3.63) is 0 Å². The molecule has 0 radical (unpaired) electrons. The second-order valence-corrected chi connectivity index (χ2v) is 6.97. The molecule has 0 bridgehead atoms. The van der Waals surface area contributed by atoms with Gasteiger partial charge in [0.05, 0.1) is 0 Å². The lowest BCUT2D eigenvalue weighted by molar-refractivity contribution is -0.141. The Labute approximate surface area is 124 Å². The van der Waals surface area contributed by atoms with Gasteiger partial charge in [-0.3, -0.25) is 4.79 Å². The summed E-state index contributed by atoms with van der Waals surface area (Å²) < 4.78 is 5.43. The van der Waals surface area contributed by atoms with Crippen LogP contribution in [0.15, 0.2) is 0 Å². The fourth-order valence-electron chi connectivity index (χ4n) is 3.73. The van der Waals surface area contributed by atoms with E-state index in [0.29, 0.717) is 18.0 Å². The molecule has 116 valence electrons. The van der Waals surface area contributed by atoms with Crippen LogP contribution in [0.2, 0.25) is 0 Å². The summed E-state index contributed by atoms with van der Waals surface area (Å²) in [4.78, 5) is 14.7. The van der Waals surface area contributed by atoms with Crippen molar-refractivity contribution in [2.24, 2.45) is 11.8 Å². The molecule has 0 saturated carbocycles. The van der Waals surface area contributed by atoms with Crippen LogP contribution in [0.5, 0.6) is 0 Å². The molecule has 2 heterocycles. The van der Waals surface area contributed by atoms with Crippen molar-refractivity contribution in [3.63, 3.8) is 0 Å². The Morgan fingerprint density at radius 3 is 2.50 bits per heavy atom.